The minimum atomic E-state index is 0.423. The molecule has 168 valence electrons. The van der Waals surface area contributed by atoms with Crippen LogP contribution in [-0.2, 0) is 0 Å². The molecule has 6 heteroatoms. The number of imidazole rings is 3. The zero-order valence-electron chi connectivity index (χ0n) is 20.1. The molecule has 0 aliphatic rings. The van der Waals surface area contributed by atoms with Gasteiger partial charge in [0.25, 0.3) is 0 Å². The van der Waals surface area contributed by atoms with Crippen LogP contribution < -0.4 is 0 Å². The van der Waals surface area contributed by atoms with Crippen LogP contribution in [0.1, 0.15) is 48.4 Å². The summed E-state index contributed by atoms with van der Waals surface area (Å²) in [4.78, 5) is 14.8. The van der Waals surface area contributed by atoms with Gasteiger partial charge in [-0.3, -0.25) is 13.4 Å². The molecule has 7 aromatic rings. The van der Waals surface area contributed by atoms with Crippen molar-refractivity contribution < 1.29 is 0 Å². The summed E-state index contributed by atoms with van der Waals surface area (Å²) < 4.78 is 6.70. The molecule has 6 nitrogen and oxygen atoms in total. The van der Waals surface area contributed by atoms with Gasteiger partial charge in [0.05, 0.1) is 17.4 Å². The van der Waals surface area contributed by atoms with Crippen LogP contribution in [0.15, 0.2) is 49.2 Å². The average molecular weight is 447 g/mol. The summed E-state index contributed by atoms with van der Waals surface area (Å²) in [5, 5.41) is 2.39. The molecule has 0 bridgehead atoms. The van der Waals surface area contributed by atoms with E-state index in [9.17, 15) is 0 Å². The van der Waals surface area contributed by atoms with Crippen LogP contribution in [0.25, 0.3) is 50.0 Å². The summed E-state index contributed by atoms with van der Waals surface area (Å²) in [5.74, 6) is 0.423. The van der Waals surface area contributed by atoms with Gasteiger partial charge in [0.15, 0.2) is 5.65 Å². The number of aromatic nitrogens is 6. The van der Waals surface area contributed by atoms with Crippen LogP contribution in [0.4, 0.5) is 0 Å². The van der Waals surface area contributed by atoms with Crippen LogP contribution in [0.5, 0.6) is 0 Å². The predicted molar refractivity (Wildman–Crippen MR) is 138 cm³/mol. The fraction of sp³-hybridized carbons (Fsp3) is 0.250. The van der Waals surface area contributed by atoms with Crippen LogP contribution in [0.3, 0.4) is 0 Å². The monoisotopic (exact) mass is 446 g/mol. The van der Waals surface area contributed by atoms with E-state index >= 15 is 0 Å². The lowest BCUT2D eigenvalue weighted by molar-refractivity contribution is 0.739. The SMILES string of the molecule is CCC(C)c1cc(C)c2c3ncn(-c4ccc(C)cc4C)c3c3ncc4n5ccnc5c1c2n34. The molecule has 5 aromatic heterocycles. The zero-order valence-corrected chi connectivity index (χ0v) is 20.1. The molecule has 0 saturated heterocycles. The maximum absolute atomic E-state index is 4.99. The highest BCUT2D eigenvalue weighted by atomic mass is 15.2. The van der Waals surface area contributed by atoms with Gasteiger partial charge in [0.1, 0.15) is 28.7 Å². The first kappa shape index (κ1) is 19.5. The second kappa shape index (κ2) is 6.56. The Bertz CT molecular complexity index is 1900. The third-order valence-corrected chi connectivity index (χ3v) is 7.58. The number of hydrogen-bond acceptors (Lipinski definition) is 3. The van der Waals surface area contributed by atoms with Crippen molar-refractivity contribution in [3.05, 3.63) is 71.4 Å². The van der Waals surface area contributed by atoms with Gasteiger partial charge in [-0.05, 0) is 55.9 Å². The van der Waals surface area contributed by atoms with Crippen molar-refractivity contribution in [1.82, 2.24) is 28.3 Å². The van der Waals surface area contributed by atoms with Gasteiger partial charge in [-0.2, -0.15) is 0 Å². The Morgan fingerprint density at radius 2 is 1.76 bits per heavy atom. The molecule has 1 atom stereocenters. The van der Waals surface area contributed by atoms with E-state index in [1.54, 1.807) is 0 Å². The molecular weight excluding hydrogens is 420 g/mol. The molecule has 5 heterocycles. The zero-order chi connectivity index (χ0) is 23.3. The van der Waals surface area contributed by atoms with Crippen molar-refractivity contribution in [3.8, 4) is 5.69 Å². The van der Waals surface area contributed by atoms with E-state index in [-0.39, 0.29) is 0 Å². The lowest BCUT2D eigenvalue weighted by atomic mass is 9.90. The van der Waals surface area contributed by atoms with Crippen molar-refractivity contribution >= 4 is 44.3 Å². The van der Waals surface area contributed by atoms with Gasteiger partial charge in [-0.15, -0.1) is 0 Å². The lowest BCUT2D eigenvalue weighted by Gasteiger charge is -2.20. The maximum Gasteiger partial charge on any atom is 0.165 e. The van der Waals surface area contributed by atoms with Crippen molar-refractivity contribution in [2.75, 3.05) is 0 Å². The molecule has 2 aromatic carbocycles. The molecule has 0 aliphatic heterocycles. The fourth-order valence-corrected chi connectivity index (χ4v) is 5.77. The van der Waals surface area contributed by atoms with Crippen LogP contribution in [-0.4, -0.2) is 28.3 Å². The first-order valence-corrected chi connectivity index (χ1v) is 11.9. The van der Waals surface area contributed by atoms with Gasteiger partial charge in [0.2, 0.25) is 0 Å². The highest BCUT2D eigenvalue weighted by Crippen LogP contribution is 2.41. The van der Waals surface area contributed by atoms with E-state index in [2.05, 4.69) is 72.3 Å². The Labute approximate surface area is 196 Å². The third kappa shape index (κ3) is 2.28. The molecule has 0 radical (unpaired) electrons. The number of pyridine rings is 1. The summed E-state index contributed by atoms with van der Waals surface area (Å²) >= 11 is 0. The number of benzene rings is 2. The number of rotatable bonds is 3. The molecule has 0 N–H and O–H groups in total. The van der Waals surface area contributed by atoms with Crippen LogP contribution in [0, 0.1) is 20.8 Å². The fourth-order valence-electron chi connectivity index (χ4n) is 5.77. The largest absolute Gasteiger partial charge is 0.295 e. The Morgan fingerprint density at radius 1 is 0.912 bits per heavy atom. The normalized spacial score (nSPS) is 13.4. The minimum absolute atomic E-state index is 0.423. The summed E-state index contributed by atoms with van der Waals surface area (Å²) in [5.41, 5.74) is 12.3. The molecule has 0 fully saturated rings. The van der Waals surface area contributed by atoms with Gasteiger partial charge in [0, 0.05) is 23.2 Å². The van der Waals surface area contributed by atoms with Gasteiger partial charge in [-0.25, -0.2) is 15.0 Å². The smallest absolute Gasteiger partial charge is 0.165 e. The quantitative estimate of drug-likeness (QED) is 0.311. The number of aryl methyl sites for hydroxylation is 3. The number of hydrogen-bond donors (Lipinski definition) is 0. The second-order valence-electron chi connectivity index (χ2n) is 9.69. The van der Waals surface area contributed by atoms with Gasteiger partial charge >= 0.3 is 0 Å². The predicted octanol–water partition coefficient (Wildman–Crippen LogP) is 6.50. The molecule has 0 aliphatic carbocycles. The summed E-state index contributed by atoms with van der Waals surface area (Å²) in [7, 11) is 0. The molecule has 0 spiro atoms. The van der Waals surface area contributed by atoms with E-state index in [1.165, 1.54) is 38.5 Å². The Morgan fingerprint density at radius 3 is 2.56 bits per heavy atom. The molecule has 1 unspecified atom stereocenters. The minimum Gasteiger partial charge on any atom is -0.295 e. The lowest BCUT2D eigenvalue weighted by Crippen LogP contribution is -2.06. The third-order valence-electron chi connectivity index (χ3n) is 7.58. The van der Waals surface area contributed by atoms with Gasteiger partial charge < -0.3 is 0 Å². The van der Waals surface area contributed by atoms with Crippen molar-refractivity contribution in [2.45, 2.75) is 47.0 Å². The summed E-state index contributed by atoms with van der Waals surface area (Å²) in [6, 6.07) is 8.92. The molecule has 34 heavy (non-hydrogen) atoms. The topological polar surface area (TPSA) is 52.4 Å². The summed E-state index contributed by atoms with van der Waals surface area (Å²) in [6.45, 7) is 11.1. The molecule has 0 amide bonds. The number of fused-ring (bicyclic) bond motifs is 6. The van der Waals surface area contributed by atoms with Crippen molar-refractivity contribution in [1.29, 1.82) is 0 Å². The standard InChI is InChI=1S/C28H26N6/c1-6-16(3)19-12-18(5)22-24-26(33(14-31-24)20-8-7-15(2)11-17(20)4)28-30-13-21-32-10-9-29-27(32)23(19)25(22)34(21)28/h7-14,16H,6H2,1-5H3. The Hall–Kier alpha value is -3.93. The molecule has 7 rings (SSSR count). The molecule has 0 saturated carbocycles. The Balaban J connectivity index is 1.77. The average Bonchev–Trinajstić information content (AvgIpc) is 3.56. The van der Waals surface area contributed by atoms with E-state index < -0.39 is 0 Å². The highest BCUT2D eigenvalue weighted by Gasteiger charge is 2.26. The Kier molecular flexibility index (Phi) is 3.77. The highest BCUT2D eigenvalue weighted by molar-refractivity contribution is 6.19. The first-order chi connectivity index (χ1) is 16.5. The summed E-state index contributed by atoms with van der Waals surface area (Å²) in [6.07, 6.45) is 8.92. The van der Waals surface area contributed by atoms with E-state index in [4.69, 9.17) is 15.0 Å². The van der Waals surface area contributed by atoms with E-state index in [0.717, 1.165) is 40.1 Å². The van der Waals surface area contributed by atoms with E-state index in [0.29, 0.717) is 5.92 Å². The molecular formula is C28H26N6. The second-order valence-corrected chi connectivity index (χ2v) is 9.69. The van der Waals surface area contributed by atoms with Crippen LogP contribution >= 0.6 is 0 Å². The van der Waals surface area contributed by atoms with Gasteiger partial charge in [-0.1, -0.05) is 37.6 Å². The number of nitrogens with zero attached hydrogens (tertiary/aromatic N) is 6. The first-order valence-electron chi connectivity index (χ1n) is 11.9. The van der Waals surface area contributed by atoms with Crippen molar-refractivity contribution in [2.24, 2.45) is 0 Å². The maximum atomic E-state index is 4.99. The van der Waals surface area contributed by atoms with Crippen molar-refractivity contribution in [3.63, 3.8) is 0 Å². The van der Waals surface area contributed by atoms with E-state index in [1.807, 2.05) is 24.9 Å². The van der Waals surface area contributed by atoms with Crippen LogP contribution in [0.2, 0.25) is 0 Å².